The lowest BCUT2D eigenvalue weighted by atomic mass is 9.90. The van der Waals surface area contributed by atoms with E-state index < -0.39 is 9.84 Å². The normalized spacial score (nSPS) is 18.8. The number of hydrogen-bond acceptors (Lipinski definition) is 4. The first-order valence-electron chi connectivity index (χ1n) is 7.93. The van der Waals surface area contributed by atoms with E-state index in [9.17, 15) is 8.42 Å². The molecule has 0 aromatic rings. The number of sulfone groups is 1. The molecule has 0 aromatic heterocycles. The molecule has 0 atom stereocenters. The summed E-state index contributed by atoms with van der Waals surface area (Å²) in [6.45, 7) is 4.45. The Morgan fingerprint density at radius 2 is 1.95 bits per heavy atom. The first-order valence-corrected chi connectivity index (χ1v) is 9.59. The maximum atomic E-state index is 11.9. The molecule has 1 rings (SSSR count). The highest BCUT2D eigenvalue weighted by Crippen LogP contribution is 2.25. The molecule has 0 unspecified atom stereocenters. The van der Waals surface area contributed by atoms with Crippen LogP contribution in [-0.4, -0.2) is 27.3 Å². The van der Waals surface area contributed by atoms with Gasteiger partial charge in [0, 0.05) is 11.4 Å². The van der Waals surface area contributed by atoms with Crippen molar-refractivity contribution in [3.8, 4) is 0 Å². The third-order valence-electron chi connectivity index (χ3n) is 3.84. The van der Waals surface area contributed by atoms with Crippen molar-refractivity contribution in [3.63, 3.8) is 0 Å². The average molecular weight is 315 g/mol. The van der Waals surface area contributed by atoms with E-state index >= 15 is 0 Å². The number of nitrogens with two attached hydrogens (primary N) is 1. The summed E-state index contributed by atoms with van der Waals surface area (Å²) in [6.07, 6.45) is 10.7. The highest BCUT2D eigenvalue weighted by atomic mass is 32.2. The van der Waals surface area contributed by atoms with Crippen LogP contribution < -0.4 is 5.73 Å². The summed E-state index contributed by atoms with van der Waals surface area (Å²) >= 11 is 0. The standard InChI is InChI=1S/C16H29NO3S/c1-3-7-16(12-14(2)21(18,19)11-10-17)20-13-15-8-5-4-6-9-15/h7,12,15H,3-6,8-11,13,17H2,1-2H3/b14-12+,16-7+. The lowest BCUT2D eigenvalue weighted by Gasteiger charge is -2.22. The number of rotatable bonds is 8. The zero-order chi connectivity index (χ0) is 15.7. The minimum Gasteiger partial charge on any atom is -0.494 e. The molecular weight excluding hydrogens is 286 g/mol. The molecule has 0 radical (unpaired) electrons. The van der Waals surface area contributed by atoms with Gasteiger partial charge in [-0.25, -0.2) is 8.42 Å². The van der Waals surface area contributed by atoms with Crippen molar-refractivity contribution in [1.82, 2.24) is 0 Å². The second-order valence-corrected chi connectivity index (χ2v) is 7.97. The molecule has 1 aliphatic rings. The van der Waals surface area contributed by atoms with Gasteiger partial charge in [0.1, 0.15) is 5.76 Å². The molecule has 0 aliphatic heterocycles. The number of allylic oxidation sites excluding steroid dienone is 3. The Morgan fingerprint density at radius 3 is 2.52 bits per heavy atom. The van der Waals surface area contributed by atoms with E-state index in [1.165, 1.54) is 32.1 Å². The van der Waals surface area contributed by atoms with Crippen molar-refractivity contribution < 1.29 is 13.2 Å². The van der Waals surface area contributed by atoms with Gasteiger partial charge in [-0.05, 0) is 44.3 Å². The quantitative estimate of drug-likeness (QED) is 0.552. The van der Waals surface area contributed by atoms with Crippen molar-refractivity contribution in [2.24, 2.45) is 11.7 Å². The van der Waals surface area contributed by atoms with Crippen LogP contribution in [0.1, 0.15) is 52.4 Å². The molecule has 4 nitrogen and oxygen atoms in total. The molecule has 1 aliphatic carbocycles. The summed E-state index contributed by atoms with van der Waals surface area (Å²) in [5.74, 6) is 1.26. The third kappa shape index (κ3) is 6.66. The molecule has 122 valence electrons. The summed E-state index contributed by atoms with van der Waals surface area (Å²) < 4.78 is 29.7. The summed E-state index contributed by atoms with van der Waals surface area (Å²) in [5, 5.41) is 0. The van der Waals surface area contributed by atoms with Gasteiger partial charge in [-0.1, -0.05) is 26.2 Å². The lowest BCUT2D eigenvalue weighted by Crippen LogP contribution is -2.16. The Bertz CT molecular complexity index is 460. The summed E-state index contributed by atoms with van der Waals surface area (Å²) in [4.78, 5) is 0.330. The molecule has 0 heterocycles. The van der Waals surface area contributed by atoms with Crippen molar-refractivity contribution >= 4 is 9.84 Å². The average Bonchev–Trinajstić information content (AvgIpc) is 2.46. The monoisotopic (exact) mass is 315 g/mol. The van der Waals surface area contributed by atoms with E-state index in [0.29, 0.717) is 23.2 Å². The van der Waals surface area contributed by atoms with Crippen LogP contribution in [0.15, 0.2) is 22.8 Å². The maximum Gasteiger partial charge on any atom is 0.175 e. The molecule has 0 amide bonds. The number of hydrogen-bond donors (Lipinski definition) is 1. The van der Waals surface area contributed by atoms with Crippen LogP contribution in [0.5, 0.6) is 0 Å². The van der Waals surface area contributed by atoms with Crippen molar-refractivity contribution in [3.05, 3.63) is 22.8 Å². The number of ether oxygens (including phenoxy) is 1. The molecule has 0 saturated heterocycles. The van der Waals surface area contributed by atoms with Gasteiger partial charge in [0.05, 0.1) is 12.4 Å². The van der Waals surface area contributed by atoms with E-state index in [-0.39, 0.29) is 12.3 Å². The van der Waals surface area contributed by atoms with E-state index in [1.54, 1.807) is 13.0 Å². The lowest BCUT2D eigenvalue weighted by molar-refractivity contribution is 0.149. The van der Waals surface area contributed by atoms with Gasteiger partial charge in [-0.2, -0.15) is 0 Å². The van der Waals surface area contributed by atoms with Crippen LogP contribution in [0.3, 0.4) is 0 Å². The molecule has 0 bridgehead atoms. The molecular formula is C16H29NO3S. The third-order valence-corrected chi connectivity index (χ3v) is 5.71. The zero-order valence-corrected chi connectivity index (χ0v) is 14.1. The fourth-order valence-electron chi connectivity index (χ4n) is 2.53. The second kappa shape index (κ2) is 9.26. The smallest absolute Gasteiger partial charge is 0.175 e. The van der Waals surface area contributed by atoms with Gasteiger partial charge in [-0.15, -0.1) is 0 Å². The van der Waals surface area contributed by atoms with Crippen LogP contribution >= 0.6 is 0 Å². The van der Waals surface area contributed by atoms with E-state index in [0.717, 1.165) is 6.42 Å². The zero-order valence-electron chi connectivity index (χ0n) is 13.3. The molecule has 1 saturated carbocycles. The van der Waals surface area contributed by atoms with Gasteiger partial charge in [0.15, 0.2) is 9.84 Å². The molecule has 0 aromatic carbocycles. The Kier molecular flexibility index (Phi) is 8.04. The fourth-order valence-corrected chi connectivity index (χ4v) is 3.46. The highest BCUT2D eigenvalue weighted by Gasteiger charge is 2.16. The Morgan fingerprint density at radius 1 is 1.29 bits per heavy atom. The van der Waals surface area contributed by atoms with Crippen LogP contribution in [0.25, 0.3) is 0 Å². The largest absolute Gasteiger partial charge is 0.494 e. The fraction of sp³-hybridized carbons (Fsp3) is 0.750. The van der Waals surface area contributed by atoms with E-state index in [1.807, 2.05) is 13.0 Å². The predicted octanol–water partition coefficient (Wildman–Crippen LogP) is 3.15. The van der Waals surface area contributed by atoms with Gasteiger partial charge in [-0.3, -0.25) is 0 Å². The van der Waals surface area contributed by atoms with Gasteiger partial charge < -0.3 is 10.5 Å². The Hall–Kier alpha value is -0.810. The van der Waals surface area contributed by atoms with Crippen LogP contribution in [0.2, 0.25) is 0 Å². The van der Waals surface area contributed by atoms with Crippen LogP contribution in [-0.2, 0) is 14.6 Å². The van der Waals surface area contributed by atoms with Crippen molar-refractivity contribution in [2.75, 3.05) is 18.9 Å². The molecule has 2 N–H and O–H groups in total. The van der Waals surface area contributed by atoms with Crippen LogP contribution in [0, 0.1) is 5.92 Å². The molecule has 21 heavy (non-hydrogen) atoms. The van der Waals surface area contributed by atoms with Crippen molar-refractivity contribution in [1.29, 1.82) is 0 Å². The highest BCUT2D eigenvalue weighted by molar-refractivity contribution is 7.95. The SMILES string of the molecule is CC/C=C(\C=C(/C)S(=O)(=O)CCN)OCC1CCCCC1. The molecule has 5 heteroatoms. The maximum absolute atomic E-state index is 11.9. The first-order chi connectivity index (χ1) is 9.99. The Balaban J connectivity index is 2.66. The summed E-state index contributed by atoms with van der Waals surface area (Å²) in [7, 11) is -3.25. The predicted molar refractivity (Wildman–Crippen MR) is 87.5 cm³/mol. The van der Waals surface area contributed by atoms with Crippen LogP contribution in [0.4, 0.5) is 0 Å². The van der Waals surface area contributed by atoms with Gasteiger partial charge >= 0.3 is 0 Å². The molecule has 1 fully saturated rings. The first kappa shape index (κ1) is 18.2. The Labute approximate surface area is 129 Å². The second-order valence-electron chi connectivity index (χ2n) is 5.69. The minimum atomic E-state index is -3.25. The summed E-state index contributed by atoms with van der Waals surface area (Å²) in [5.41, 5.74) is 5.35. The minimum absolute atomic E-state index is 0.0165. The topological polar surface area (TPSA) is 69.4 Å². The molecule has 0 spiro atoms. The van der Waals surface area contributed by atoms with Gasteiger partial charge in [0.25, 0.3) is 0 Å². The summed E-state index contributed by atoms with van der Waals surface area (Å²) in [6, 6.07) is 0. The van der Waals surface area contributed by atoms with E-state index in [4.69, 9.17) is 10.5 Å². The van der Waals surface area contributed by atoms with Gasteiger partial charge in [0.2, 0.25) is 0 Å². The van der Waals surface area contributed by atoms with E-state index in [2.05, 4.69) is 0 Å². The van der Waals surface area contributed by atoms with Crippen molar-refractivity contribution in [2.45, 2.75) is 52.4 Å².